The highest BCUT2D eigenvalue weighted by molar-refractivity contribution is 7.89. The van der Waals surface area contributed by atoms with Crippen LogP contribution in [0.3, 0.4) is 0 Å². The Morgan fingerprint density at radius 2 is 1.83 bits per heavy atom. The van der Waals surface area contributed by atoms with Gasteiger partial charge in [-0.05, 0) is 41.8 Å². The van der Waals surface area contributed by atoms with E-state index >= 15 is 0 Å². The Labute approximate surface area is 176 Å². The fourth-order valence-corrected chi connectivity index (χ4v) is 4.36. The Balaban J connectivity index is 1.59. The van der Waals surface area contributed by atoms with E-state index in [9.17, 15) is 27.1 Å². The fourth-order valence-electron chi connectivity index (χ4n) is 2.62. The summed E-state index contributed by atoms with van der Waals surface area (Å²) in [5, 5.41) is 14.3. The molecule has 2 aromatic carbocycles. The molecule has 3 N–H and O–H groups in total. The highest BCUT2D eigenvalue weighted by Crippen LogP contribution is 2.18. The van der Waals surface area contributed by atoms with Crippen molar-refractivity contribution in [2.45, 2.75) is 17.5 Å². The Kier molecular flexibility index (Phi) is 6.93. The Morgan fingerprint density at radius 1 is 1.10 bits per heavy atom. The van der Waals surface area contributed by atoms with Gasteiger partial charge in [0.05, 0.1) is 11.0 Å². The minimum Gasteiger partial charge on any atom is -0.386 e. The number of sulfonamides is 1. The minimum absolute atomic E-state index is 0.00373. The number of carbonyl (C=O) groups is 1. The van der Waals surface area contributed by atoms with Crippen LogP contribution in [0.4, 0.5) is 8.78 Å². The molecular weight excluding hydrogens is 434 g/mol. The lowest BCUT2D eigenvalue weighted by Gasteiger charge is -2.13. The number of thiophene rings is 1. The van der Waals surface area contributed by atoms with E-state index in [1.54, 1.807) is 0 Å². The monoisotopic (exact) mass is 452 g/mol. The molecule has 0 saturated heterocycles. The fraction of sp³-hybridized carbons (Fsp3) is 0.150. The standard InChI is InChI=1S/C20H18F2N2O4S2/c21-14-5-8-17(18(22)10-14)19(25)12-23-20(26)13-3-6-16(7-4-13)30(27,28)24-11-15-2-1-9-29-15/h1-10,19,24-25H,11-12H2,(H,23,26). The average Bonchev–Trinajstić information content (AvgIpc) is 3.24. The third-order valence-electron chi connectivity index (χ3n) is 4.22. The van der Waals surface area contributed by atoms with E-state index in [1.807, 2.05) is 17.5 Å². The van der Waals surface area contributed by atoms with Crippen LogP contribution >= 0.6 is 11.3 Å². The van der Waals surface area contributed by atoms with Crippen molar-refractivity contribution in [1.82, 2.24) is 10.0 Å². The topological polar surface area (TPSA) is 95.5 Å². The number of halogens is 2. The zero-order chi connectivity index (χ0) is 21.7. The molecule has 0 fully saturated rings. The molecule has 1 atom stereocenters. The maximum Gasteiger partial charge on any atom is 0.251 e. The summed E-state index contributed by atoms with van der Waals surface area (Å²) in [5.41, 5.74) is 0.0222. The minimum atomic E-state index is -3.74. The molecule has 1 aromatic heterocycles. The Bertz CT molecular complexity index is 1120. The zero-order valence-corrected chi connectivity index (χ0v) is 17.1. The molecule has 30 heavy (non-hydrogen) atoms. The SMILES string of the molecule is O=C(NCC(O)c1ccc(F)cc1F)c1ccc(S(=O)(=O)NCc2cccs2)cc1. The molecule has 1 heterocycles. The van der Waals surface area contributed by atoms with E-state index in [4.69, 9.17) is 0 Å². The summed E-state index contributed by atoms with van der Waals surface area (Å²) < 4.78 is 53.8. The molecule has 0 bridgehead atoms. The summed E-state index contributed by atoms with van der Waals surface area (Å²) >= 11 is 1.43. The normalized spacial score (nSPS) is 12.5. The van der Waals surface area contributed by atoms with Crippen LogP contribution in [0, 0.1) is 11.6 Å². The first kappa shape index (κ1) is 22.0. The molecule has 0 aliphatic rings. The molecule has 158 valence electrons. The number of amides is 1. The van der Waals surface area contributed by atoms with Crippen molar-refractivity contribution < 1.29 is 27.1 Å². The summed E-state index contributed by atoms with van der Waals surface area (Å²) in [6, 6.07) is 11.6. The van der Waals surface area contributed by atoms with Crippen LogP contribution in [0.15, 0.2) is 64.9 Å². The van der Waals surface area contributed by atoms with E-state index < -0.39 is 33.7 Å². The number of carbonyl (C=O) groups excluding carboxylic acids is 1. The van der Waals surface area contributed by atoms with Crippen LogP contribution in [0.25, 0.3) is 0 Å². The number of hydrogen-bond donors (Lipinski definition) is 3. The number of nitrogens with one attached hydrogen (secondary N) is 2. The number of aliphatic hydroxyl groups is 1. The van der Waals surface area contributed by atoms with Crippen LogP contribution in [0.2, 0.25) is 0 Å². The van der Waals surface area contributed by atoms with Gasteiger partial charge >= 0.3 is 0 Å². The second-order valence-electron chi connectivity index (χ2n) is 6.32. The Hall–Kier alpha value is -2.66. The van der Waals surface area contributed by atoms with Crippen LogP contribution in [0.5, 0.6) is 0 Å². The predicted octanol–water partition coefficient (Wildman–Crippen LogP) is 2.97. The van der Waals surface area contributed by atoms with Crippen molar-refractivity contribution in [3.05, 3.63) is 87.6 Å². The lowest BCUT2D eigenvalue weighted by molar-refractivity contribution is 0.0914. The van der Waals surface area contributed by atoms with Gasteiger partial charge in [0, 0.05) is 35.2 Å². The number of aliphatic hydroxyl groups excluding tert-OH is 1. The quantitative estimate of drug-likeness (QED) is 0.490. The molecule has 0 aliphatic heterocycles. The summed E-state index contributed by atoms with van der Waals surface area (Å²) in [6.07, 6.45) is -1.37. The van der Waals surface area contributed by atoms with Gasteiger partial charge in [0.2, 0.25) is 10.0 Å². The van der Waals surface area contributed by atoms with E-state index in [1.165, 1.54) is 35.6 Å². The molecular formula is C20H18F2N2O4S2. The molecule has 0 saturated carbocycles. The van der Waals surface area contributed by atoms with Crippen molar-refractivity contribution in [1.29, 1.82) is 0 Å². The van der Waals surface area contributed by atoms with Crippen LogP contribution < -0.4 is 10.0 Å². The molecule has 1 amide bonds. The van der Waals surface area contributed by atoms with E-state index in [0.29, 0.717) is 6.07 Å². The summed E-state index contributed by atoms with van der Waals surface area (Å²) in [7, 11) is -3.74. The second kappa shape index (κ2) is 9.43. The first-order valence-corrected chi connectivity index (χ1v) is 11.2. The van der Waals surface area contributed by atoms with Crippen LogP contribution in [0.1, 0.15) is 26.9 Å². The third-order valence-corrected chi connectivity index (χ3v) is 6.51. The summed E-state index contributed by atoms with van der Waals surface area (Å²) in [4.78, 5) is 13.1. The first-order chi connectivity index (χ1) is 14.3. The third kappa shape index (κ3) is 5.48. The number of rotatable bonds is 8. The molecule has 6 nitrogen and oxygen atoms in total. The highest BCUT2D eigenvalue weighted by Gasteiger charge is 2.17. The van der Waals surface area contributed by atoms with Crippen molar-refractivity contribution in [3.8, 4) is 0 Å². The number of benzene rings is 2. The van der Waals surface area contributed by atoms with Gasteiger partial charge < -0.3 is 10.4 Å². The summed E-state index contributed by atoms with van der Waals surface area (Å²) in [5.74, 6) is -2.26. The van der Waals surface area contributed by atoms with Gasteiger partial charge in [0.25, 0.3) is 5.91 Å². The lowest BCUT2D eigenvalue weighted by atomic mass is 10.1. The molecule has 0 radical (unpaired) electrons. The molecule has 0 aliphatic carbocycles. The molecule has 10 heteroatoms. The maximum atomic E-state index is 13.7. The van der Waals surface area contributed by atoms with Gasteiger partial charge in [0.1, 0.15) is 11.6 Å². The van der Waals surface area contributed by atoms with Gasteiger partial charge in [-0.2, -0.15) is 0 Å². The molecule has 1 unspecified atom stereocenters. The zero-order valence-electron chi connectivity index (χ0n) is 15.5. The van der Waals surface area contributed by atoms with Crippen LogP contribution in [-0.4, -0.2) is 26.0 Å². The van der Waals surface area contributed by atoms with Crippen LogP contribution in [-0.2, 0) is 16.6 Å². The van der Waals surface area contributed by atoms with E-state index in [2.05, 4.69) is 10.0 Å². The average molecular weight is 453 g/mol. The van der Waals surface area contributed by atoms with Crippen molar-refractivity contribution >= 4 is 27.3 Å². The maximum absolute atomic E-state index is 13.7. The second-order valence-corrected chi connectivity index (χ2v) is 9.12. The van der Waals surface area contributed by atoms with Gasteiger partial charge in [-0.3, -0.25) is 4.79 Å². The largest absolute Gasteiger partial charge is 0.386 e. The first-order valence-electron chi connectivity index (χ1n) is 8.79. The van der Waals surface area contributed by atoms with Crippen molar-refractivity contribution in [3.63, 3.8) is 0 Å². The molecule has 3 aromatic rings. The van der Waals surface area contributed by atoms with Crippen molar-refractivity contribution in [2.24, 2.45) is 0 Å². The van der Waals surface area contributed by atoms with Crippen molar-refractivity contribution in [2.75, 3.05) is 6.54 Å². The van der Waals surface area contributed by atoms with E-state index in [0.717, 1.165) is 17.0 Å². The molecule has 3 rings (SSSR count). The lowest BCUT2D eigenvalue weighted by Crippen LogP contribution is -2.29. The van der Waals surface area contributed by atoms with Gasteiger partial charge in [0.15, 0.2) is 0 Å². The summed E-state index contributed by atoms with van der Waals surface area (Å²) in [6.45, 7) is -0.135. The van der Waals surface area contributed by atoms with E-state index in [-0.39, 0.29) is 29.1 Å². The molecule has 0 spiro atoms. The Morgan fingerprint density at radius 3 is 2.47 bits per heavy atom. The number of hydrogen-bond acceptors (Lipinski definition) is 5. The predicted molar refractivity (Wildman–Crippen MR) is 108 cm³/mol. The highest BCUT2D eigenvalue weighted by atomic mass is 32.2. The van der Waals surface area contributed by atoms with Gasteiger partial charge in [-0.15, -0.1) is 11.3 Å². The smallest absolute Gasteiger partial charge is 0.251 e. The van der Waals surface area contributed by atoms with Gasteiger partial charge in [-0.1, -0.05) is 12.1 Å². The van der Waals surface area contributed by atoms with Gasteiger partial charge in [-0.25, -0.2) is 21.9 Å².